The molecule has 0 amide bonds. The molecule has 0 unspecified atom stereocenters. The third-order valence-electron chi connectivity index (χ3n) is 2.04. The van der Waals surface area contributed by atoms with Gasteiger partial charge in [0.05, 0.1) is 5.03 Å². The molecule has 0 aliphatic carbocycles. The van der Waals surface area contributed by atoms with Gasteiger partial charge >= 0.3 is 0 Å². The van der Waals surface area contributed by atoms with Gasteiger partial charge in [0.2, 0.25) is 0 Å². The van der Waals surface area contributed by atoms with Gasteiger partial charge in [-0.3, -0.25) is 0 Å². The summed E-state index contributed by atoms with van der Waals surface area (Å²) in [6.07, 6.45) is 0.937. The number of rotatable bonds is 3. The van der Waals surface area contributed by atoms with Crippen LogP contribution in [0.25, 0.3) is 0 Å². The van der Waals surface area contributed by atoms with Crippen LogP contribution in [-0.2, 0) is 10.8 Å². The number of alkyl halides is 2. The lowest BCUT2D eigenvalue weighted by atomic mass is 10.1. The van der Waals surface area contributed by atoms with Crippen molar-refractivity contribution in [3.8, 4) is 0 Å². The maximum Gasteiger partial charge on any atom is 0.177 e. The van der Waals surface area contributed by atoms with E-state index in [-0.39, 0.29) is 5.03 Å². The van der Waals surface area contributed by atoms with E-state index >= 15 is 0 Å². The smallest absolute Gasteiger partial charge is 0.0899 e. The topological polar surface area (TPSA) is 0 Å². The Kier molecular flexibility index (Phi) is 3.88. The quantitative estimate of drug-likeness (QED) is 0.685. The first-order valence-electron chi connectivity index (χ1n) is 4.30. The average Bonchev–Trinajstić information content (AvgIpc) is 2.17. The van der Waals surface area contributed by atoms with Crippen LogP contribution in [0.2, 0.25) is 0 Å². The molecule has 0 radical (unpaired) electrons. The van der Waals surface area contributed by atoms with Crippen molar-refractivity contribution < 1.29 is 0 Å². The largest absolute Gasteiger partial charge is 0.177 e. The summed E-state index contributed by atoms with van der Waals surface area (Å²) >= 11 is 17.9. The first kappa shape index (κ1) is 11.9. The fourth-order valence-electron chi connectivity index (χ4n) is 1.14. The molecule has 0 atom stereocenters. The van der Waals surface area contributed by atoms with Crippen molar-refractivity contribution in [3.63, 3.8) is 0 Å². The Morgan fingerprint density at radius 3 is 2.57 bits per heavy atom. The summed E-state index contributed by atoms with van der Waals surface area (Å²) in [4.78, 5) is 0. The highest BCUT2D eigenvalue weighted by molar-refractivity contribution is 6.55. The molecule has 0 bridgehead atoms. The summed E-state index contributed by atoms with van der Waals surface area (Å²) in [5.74, 6) is 0. The van der Waals surface area contributed by atoms with Gasteiger partial charge in [-0.1, -0.05) is 72.6 Å². The number of hydrogen-bond acceptors (Lipinski definition) is 0. The molecule has 0 saturated heterocycles. The third-order valence-corrected chi connectivity index (χ3v) is 3.41. The predicted octanol–water partition coefficient (Wildman–Crippen LogP) is 4.63. The zero-order valence-corrected chi connectivity index (χ0v) is 10.1. The van der Waals surface area contributed by atoms with Crippen molar-refractivity contribution in [1.82, 2.24) is 0 Å². The first-order valence-corrected chi connectivity index (χ1v) is 5.44. The second-order valence-electron chi connectivity index (χ2n) is 3.03. The standard InChI is InChI=1S/C11H11Cl3/c1-3-9-5-4-6-10(7-9)11(13,14)8(2)12/h4-7H,2-3H2,1H3. The van der Waals surface area contributed by atoms with Crippen molar-refractivity contribution in [1.29, 1.82) is 0 Å². The van der Waals surface area contributed by atoms with Gasteiger partial charge in [0.25, 0.3) is 0 Å². The molecule has 0 spiro atoms. The molecule has 1 aromatic carbocycles. The van der Waals surface area contributed by atoms with E-state index in [4.69, 9.17) is 34.8 Å². The van der Waals surface area contributed by atoms with Gasteiger partial charge in [0.15, 0.2) is 4.33 Å². The molecule has 1 rings (SSSR count). The lowest BCUT2D eigenvalue weighted by Crippen LogP contribution is -2.10. The van der Waals surface area contributed by atoms with Gasteiger partial charge in [0.1, 0.15) is 0 Å². The maximum atomic E-state index is 6.06. The Labute approximate surface area is 99.5 Å². The summed E-state index contributed by atoms with van der Waals surface area (Å²) in [6, 6.07) is 7.71. The van der Waals surface area contributed by atoms with E-state index in [2.05, 4.69) is 13.5 Å². The molecule has 0 aromatic heterocycles. The van der Waals surface area contributed by atoms with E-state index in [1.807, 2.05) is 24.3 Å². The number of hydrogen-bond donors (Lipinski definition) is 0. The van der Waals surface area contributed by atoms with Crippen LogP contribution in [0.1, 0.15) is 18.1 Å². The van der Waals surface area contributed by atoms with Crippen LogP contribution in [-0.4, -0.2) is 0 Å². The van der Waals surface area contributed by atoms with Gasteiger partial charge in [-0.25, -0.2) is 0 Å². The molecule has 0 heterocycles. The van der Waals surface area contributed by atoms with Gasteiger partial charge in [-0.15, -0.1) is 0 Å². The molecule has 0 nitrogen and oxygen atoms in total. The molecule has 1 aromatic rings. The second-order valence-corrected chi connectivity index (χ2v) is 4.82. The Hall–Kier alpha value is -0.170. The van der Waals surface area contributed by atoms with Crippen LogP contribution < -0.4 is 0 Å². The minimum atomic E-state index is -1.20. The lowest BCUT2D eigenvalue weighted by molar-refractivity contribution is 1.05. The molecule has 0 aliphatic rings. The summed E-state index contributed by atoms with van der Waals surface area (Å²) in [5.41, 5.74) is 1.94. The summed E-state index contributed by atoms with van der Waals surface area (Å²) < 4.78 is -1.20. The minimum Gasteiger partial charge on any atom is -0.0899 e. The monoisotopic (exact) mass is 248 g/mol. The van der Waals surface area contributed by atoms with Crippen molar-refractivity contribution >= 4 is 34.8 Å². The SMILES string of the molecule is C=C(Cl)C(Cl)(Cl)c1cccc(CC)c1. The van der Waals surface area contributed by atoms with Gasteiger partial charge in [-0.2, -0.15) is 0 Å². The van der Waals surface area contributed by atoms with E-state index in [0.29, 0.717) is 0 Å². The summed E-state index contributed by atoms with van der Waals surface area (Å²) in [6.45, 7) is 5.63. The molecule has 0 saturated carbocycles. The zero-order valence-electron chi connectivity index (χ0n) is 7.86. The van der Waals surface area contributed by atoms with E-state index in [1.54, 1.807) is 0 Å². The summed E-state index contributed by atoms with van der Waals surface area (Å²) in [5, 5.41) is 0.217. The molecule has 0 fully saturated rings. The highest BCUT2D eigenvalue weighted by Crippen LogP contribution is 2.42. The highest BCUT2D eigenvalue weighted by atomic mass is 35.5. The van der Waals surface area contributed by atoms with Gasteiger partial charge < -0.3 is 0 Å². The minimum absolute atomic E-state index is 0.217. The third kappa shape index (κ3) is 2.44. The Morgan fingerprint density at radius 1 is 1.43 bits per heavy atom. The van der Waals surface area contributed by atoms with Crippen LogP contribution in [0.5, 0.6) is 0 Å². The fourth-order valence-corrected chi connectivity index (χ4v) is 1.49. The summed E-state index contributed by atoms with van der Waals surface area (Å²) in [7, 11) is 0. The second kappa shape index (κ2) is 4.57. The van der Waals surface area contributed by atoms with Crippen molar-refractivity contribution in [3.05, 3.63) is 47.0 Å². The van der Waals surface area contributed by atoms with E-state index < -0.39 is 4.33 Å². The molecular weight excluding hydrogens is 238 g/mol. The van der Waals surface area contributed by atoms with E-state index in [1.165, 1.54) is 5.56 Å². The molecular formula is C11H11Cl3. The van der Waals surface area contributed by atoms with Crippen molar-refractivity contribution in [2.24, 2.45) is 0 Å². The predicted molar refractivity (Wildman–Crippen MR) is 64.2 cm³/mol. The zero-order chi connectivity index (χ0) is 10.8. The van der Waals surface area contributed by atoms with Crippen LogP contribution in [0, 0.1) is 0 Å². The highest BCUT2D eigenvalue weighted by Gasteiger charge is 2.29. The molecule has 76 valence electrons. The first-order chi connectivity index (χ1) is 6.48. The number of allylic oxidation sites excluding steroid dienone is 1. The maximum absolute atomic E-state index is 6.06. The molecule has 0 aliphatic heterocycles. The van der Waals surface area contributed by atoms with Crippen LogP contribution in [0.4, 0.5) is 0 Å². The van der Waals surface area contributed by atoms with Crippen molar-refractivity contribution in [2.75, 3.05) is 0 Å². The fraction of sp³-hybridized carbons (Fsp3) is 0.273. The van der Waals surface area contributed by atoms with Crippen LogP contribution in [0.3, 0.4) is 0 Å². The Morgan fingerprint density at radius 2 is 2.07 bits per heavy atom. The number of halogens is 3. The van der Waals surface area contributed by atoms with Crippen molar-refractivity contribution in [2.45, 2.75) is 17.7 Å². The number of benzene rings is 1. The molecule has 14 heavy (non-hydrogen) atoms. The van der Waals surface area contributed by atoms with Gasteiger partial charge in [-0.05, 0) is 17.5 Å². The lowest BCUT2D eigenvalue weighted by Gasteiger charge is -2.19. The van der Waals surface area contributed by atoms with E-state index in [9.17, 15) is 0 Å². The number of aryl methyl sites for hydroxylation is 1. The average molecular weight is 250 g/mol. The molecule has 3 heteroatoms. The Bertz CT molecular complexity index is 342. The Balaban J connectivity index is 3.12. The van der Waals surface area contributed by atoms with E-state index in [0.717, 1.165) is 12.0 Å². The van der Waals surface area contributed by atoms with Crippen LogP contribution >= 0.6 is 34.8 Å². The van der Waals surface area contributed by atoms with Crippen LogP contribution in [0.15, 0.2) is 35.9 Å². The normalized spacial score (nSPS) is 11.4. The molecule has 0 N–H and O–H groups in total. The van der Waals surface area contributed by atoms with Gasteiger partial charge in [0, 0.05) is 0 Å².